The summed E-state index contributed by atoms with van der Waals surface area (Å²) in [4.78, 5) is 21.3. The summed E-state index contributed by atoms with van der Waals surface area (Å²) in [5.41, 5.74) is -0.592. The molecule has 0 spiro atoms. The Kier molecular flexibility index (Phi) is 8.07. The number of anilines is 1. The molecule has 10 nitrogen and oxygen atoms in total. The van der Waals surface area contributed by atoms with E-state index < -0.39 is 39.5 Å². The number of carbonyl (C=O) groups is 1. The number of thioether (sulfide) groups is 1. The number of hydrogen-bond acceptors (Lipinski definition) is 7. The lowest BCUT2D eigenvalue weighted by Gasteiger charge is -2.37. The Labute approximate surface area is 206 Å². The monoisotopic (exact) mass is 531 g/mol. The number of ether oxygens (including phenoxy) is 1. The fraction of sp³-hybridized carbons (Fsp3) is 0.476. The quantitative estimate of drug-likeness (QED) is 0.391. The summed E-state index contributed by atoms with van der Waals surface area (Å²) in [6, 6.07) is 4.61. The Balaban J connectivity index is 1.75. The third kappa shape index (κ3) is 6.49. The number of nitrogens with zero attached hydrogens (tertiary/aromatic N) is 4. The second kappa shape index (κ2) is 10.5. The van der Waals surface area contributed by atoms with Crippen molar-refractivity contribution >= 4 is 33.9 Å². The fourth-order valence-electron chi connectivity index (χ4n) is 3.75. The molecule has 1 atom stereocenters. The first-order chi connectivity index (χ1) is 16.3. The number of rotatable bonds is 8. The van der Waals surface area contributed by atoms with Gasteiger partial charge < -0.3 is 9.84 Å². The first kappa shape index (κ1) is 26.9. The molecule has 192 valence electrons. The van der Waals surface area contributed by atoms with Gasteiger partial charge in [0.05, 0.1) is 13.2 Å². The van der Waals surface area contributed by atoms with Gasteiger partial charge in [0, 0.05) is 36.0 Å². The Hall–Kier alpha value is -2.71. The van der Waals surface area contributed by atoms with E-state index in [9.17, 15) is 27.1 Å². The predicted molar refractivity (Wildman–Crippen MR) is 127 cm³/mol. The van der Waals surface area contributed by atoms with Crippen LogP contribution in [0.2, 0.25) is 0 Å². The van der Waals surface area contributed by atoms with E-state index in [1.165, 1.54) is 30.2 Å². The van der Waals surface area contributed by atoms with E-state index in [0.717, 1.165) is 22.1 Å². The molecule has 1 aliphatic rings. The number of carboxylic acid groups (broad SMARTS) is 1. The van der Waals surface area contributed by atoms with Crippen molar-refractivity contribution < 1.29 is 31.8 Å². The Morgan fingerprint density at radius 3 is 2.69 bits per heavy atom. The van der Waals surface area contributed by atoms with Crippen molar-refractivity contribution in [3.8, 4) is 5.88 Å². The molecule has 0 aliphatic carbocycles. The molecule has 0 bridgehead atoms. The number of nitrogens with one attached hydrogen (secondary N) is 1. The van der Waals surface area contributed by atoms with Gasteiger partial charge in [-0.05, 0) is 33.3 Å². The summed E-state index contributed by atoms with van der Waals surface area (Å²) < 4.78 is 62.1. The van der Waals surface area contributed by atoms with Crippen molar-refractivity contribution in [2.75, 3.05) is 24.9 Å². The summed E-state index contributed by atoms with van der Waals surface area (Å²) >= 11 is 0.979. The number of methoxy groups -OCH3 is 1. The normalized spacial score (nSPS) is 16.8. The van der Waals surface area contributed by atoms with Gasteiger partial charge in [0.25, 0.3) is 0 Å². The number of halogens is 2. The first-order valence-corrected chi connectivity index (χ1v) is 13.0. The van der Waals surface area contributed by atoms with Crippen molar-refractivity contribution in [1.29, 1.82) is 0 Å². The van der Waals surface area contributed by atoms with Crippen LogP contribution in [0.1, 0.15) is 32.8 Å². The molecule has 1 saturated heterocycles. The zero-order chi connectivity index (χ0) is 26.0. The van der Waals surface area contributed by atoms with Crippen LogP contribution in [-0.4, -0.2) is 70.6 Å². The van der Waals surface area contributed by atoms with E-state index >= 15 is 0 Å². The molecule has 3 rings (SSSR count). The van der Waals surface area contributed by atoms with Gasteiger partial charge in [-0.3, -0.25) is 9.62 Å². The molecule has 0 saturated carbocycles. The Morgan fingerprint density at radius 1 is 1.34 bits per heavy atom. The molecular weight excluding hydrogens is 504 g/mol. The van der Waals surface area contributed by atoms with Crippen LogP contribution in [-0.2, 0) is 16.0 Å². The average Bonchev–Trinajstić information content (AvgIpc) is 3.23. The maximum absolute atomic E-state index is 13.9. The summed E-state index contributed by atoms with van der Waals surface area (Å²) in [6.07, 6.45) is -0.774. The third-order valence-electron chi connectivity index (χ3n) is 5.27. The maximum atomic E-state index is 13.9. The first-order valence-electron chi connectivity index (χ1n) is 10.6. The molecule has 2 N–H and O–H groups in total. The van der Waals surface area contributed by atoms with Gasteiger partial charge in [-0.15, -0.1) is 0 Å². The zero-order valence-corrected chi connectivity index (χ0v) is 21.3. The second-order valence-electron chi connectivity index (χ2n) is 8.81. The summed E-state index contributed by atoms with van der Waals surface area (Å²) in [5.74, 6) is -1.94. The second-order valence-corrected chi connectivity index (χ2v) is 11.4. The van der Waals surface area contributed by atoms with Gasteiger partial charge >= 0.3 is 16.3 Å². The van der Waals surface area contributed by atoms with Gasteiger partial charge in [-0.1, -0.05) is 23.9 Å². The third-order valence-corrected chi connectivity index (χ3v) is 7.65. The highest BCUT2D eigenvalue weighted by Gasteiger charge is 2.40. The van der Waals surface area contributed by atoms with Crippen LogP contribution in [0.15, 0.2) is 29.4 Å². The molecule has 1 amide bonds. The molecule has 0 unspecified atom stereocenters. The minimum atomic E-state index is -4.07. The molecule has 14 heteroatoms. The summed E-state index contributed by atoms with van der Waals surface area (Å²) in [7, 11) is -2.73. The van der Waals surface area contributed by atoms with Gasteiger partial charge in [0.1, 0.15) is 5.82 Å². The molecule has 0 radical (unpaired) electrons. The standard InChI is InChI=1S/C21H27F2N5O5S2/c1-21(2,3)28(20(29)30)14-8-9-27(11-14)35(31,32)26-16-10-17(33-4)25-19(24-16)34-12-13-6-5-7-15(22)18(13)23/h5-7,10,14H,8-9,11-12H2,1-4H3,(H,29,30)(H,24,25,26)/t14-/m1/s1. The number of hydrogen-bond donors (Lipinski definition) is 2. The highest BCUT2D eigenvalue weighted by atomic mass is 32.2. The van der Waals surface area contributed by atoms with E-state index in [4.69, 9.17) is 4.74 Å². The molecule has 1 aromatic carbocycles. The van der Waals surface area contributed by atoms with Gasteiger partial charge in [0.2, 0.25) is 5.88 Å². The van der Waals surface area contributed by atoms with Crippen LogP contribution in [0, 0.1) is 11.6 Å². The van der Waals surface area contributed by atoms with Gasteiger partial charge in [-0.25, -0.2) is 18.6 Å². The van der Waals surface area contributed by atoms with Crippen molar-refractivity contribution in [3.05, 3.63) is 41.5 Å². The SMILES string of the molecule is COc1cc(NS(=O)(=O)N2CC[C@@H](N(C(=O)O)C(C)(C)C)C2)nc(SCc2cccc(F)c2F)n1. The van der Waals surface area contributed by atoms with Crippen molar-refractivity contribution in [3.63, 3.8) is 0 Å². The van der Waals surface area contributed by atoms with Crippen LogP contribution in [0.5, 0.6) is 5.88 Å². The predicted octanol–water partition coefficient (Wildman–Crippen LogP) is 3.57. The van der Waals surface area contributed by atoms with Crippen LogP contribution in [0.25, 0.3) is 0 Å². The van der Waals surface area contributed by atoms with Crippen LogP contribution in [0.4, 0.5) is 19.4 Å². The summed E-state index contributed by atoms with van der Waals surface area (Å²) in [6.45, 7) is 5.36. The molecule has 35 heavy (non-hydrogen) atoms. The Bertz CT molecular complexity index is 1190. The highest BCUT2D eigenvalue weighted by molar-refractivity contribution is 7.98. The molecule has 2 aromatic rings. The van der Waals surface area contributed by atoms with Crippen LogP contribution < -0.4 is 9.46 Å². The number of amides is 1. The average molecular weight is 532 g/mol. The molecule has 1 aromatic heterocycles. The number of aromatic nitrogens is 2. The van der Waals surface area contributed by atoms with Crippen molar-refractivity contribution in [2.45, 2.75) is 49.7 Å². The van der Waals surface area contributed by atoms with Crippen molar-refractivity contribution in [1.82, 2.24) is 19.2 Å². The van der Waals surface area contributed by atoms with Crippen LogP contribution >= 0.6 is 11.8 Å². The summed E-state index contributed by atoms with van der Waals surface area (Å²) in [5, 5.41) is 9.70. The van der Waals surface area contributed by atoms with Crippen LogP contribution in [0.3, 0.4) is 0 Å². The fourth-order valence-corrected chi connectivity index (χ4v) is 5.79. The van der Waals surface area contributed by atoms with E-state index in [-0.39, 0.29) is 41.3 Å². The van der Waals surface area contributed by atoms with E-state index in [0.29, 0.717) is 6.42 Å². The van der Waals surface area contributed by atoms with Gasteiger partial charge in [0.15, 0.2) is 16.8 Å². The Morgan fingerprint density at radius 2 is 2.06 bits per heavy atom. The largest absolute Gasteiger partial charge is 0.481 e. The van der Waals surface area contributed by atoms with Crippen molar-refractivity contribution in [2.24, 2.45) is 0 Å². The lowest BCUT2D eigenvalue weighted by Crippen LogP contribution is -2.52. The molecule has 2 heterocycles. The maximum Gasteiger partial charge on any atom is 0.408 e. The molecule has 1 fully saturated rings. The van der Waals surface area contributed by atoms with Gasteiger partial charge in [-0.2, -0.15) is 17.7 Å². The minimum Gasteiger partial charge on any atom is -0.481 e. The highest BCUT2D eigenvalue weighted by Crippen LogP contribution is 2.28. The molecule has 1 aliphatic heterocycles. The topological polar surface area (TPSA) is 125 Å². The van der Waals surface area contributed by atoms with E-state index in [1.807, 2.05) is 0 Å². The lowest BCUT2D eigenvalue weighted by molar-refractivity contribution is 0.0742. The minimum absolute atomic E-state index is 0.00851. The number of benzene rings is 1. The van der Waals surface area contributed by atoms with E-state index in [1.54, 1.807) is 20.8 Å². The van der Waals surface area contributed by atoms with E-state index in [2.05, 4.69) is 14.7 Å². The smallest absolute Gasteiger partial charge is 0.408 e. The lowest BCUT2D eigenvalue weighted by atomic mass is 10.0. The molecular formula is C21H27F2N5O5S2. The zero-order valence-electron chi connectivity index (χ0n) is 19.7.